The largest absolute Gasteiger partial charge is 0.463 e. The molecule has 1 aliphatic heterocycles. The summed E-state index contributed by atoms with van der Waals surface area (Å²) in [5.41, 5.74) is 2.71. The smallest absolute Gasteiger partial charge is 0.205 e. The van der Waals surface area contributed by atoms with E-state index in [4.69, 9.17) is 9.47 Å². The normalized spacial score (nSPS) is 22.4. The summed E-state index contributed by atoms with van der Waals surface area (Å²) in [6.07, 6.45) is 1.64. The highest BCUT2D eigenvalue weighted by atomic mass is 16.7. The molecule has 0 aromatic heterocycles. The maximum Gasteiger partial charge on any atom is 0.205 e. The summed E-state index contributed by atoms with van der Waals surface area (Å²) < 4.78 is 11.3. The van der Waals surface area contributed by atoms with E-state index in [1.807, 2.05) is 27.7 Å². The van der Waals surface area contributed by atoms with Gasteiger partial charge in [0, 0.05) is 19.4 Å². The fourth-order valence-electron chi connectivity index (χ4n) is 1.57. The van der Waals surface area contributed by atoms with Crippen LogP contribution in [0.4, 0.5) is 0 Å². The van der Waals surface area contributed by atoms with Crippen molar-refractivity contribution < 1.29 is 14.6 Å². The molecule has 90 valence electrons. The van der Waals surface area contributed by atoms with Crippen LogP contribution in [-0.4, -0.2) is 24.1 Å². The summed E-state index contributed by atoms with van der Waals surface area (Å²) >= 11 is 0. The zero-order valence-corrected chi connectivity index (χ0v) is 10.5. The molecule has 3 heteroatoms. The highest BCUT2D eigenvalue weighted by Gasteiger charge is 2.30. The molecular weight excluding hydrogens is 204 g/mol. The lowest BCUT2D eigenvalue weighted by Gasteiger charge is -2.35. The van der Waals surface area contributed by atoms with E-state index in [1.54, 1.807) is 6.08 Å². The van der Waals surface area contributed by atoms with Crippen LogP contribution in [0.5, 0.6) is 0 Å². The first-order valence-electron chi connectivity index (χ1n) is 5.37. The molecule has 0 spiro atoms. The first kappa shape index (κ1) is 13.0. The number of hydrogen-bond donors (Lipinski definition) is 1. The molecule has 0 aromatic rings. The second-order valence-corrected chi connectivity index (χ2v) is 4.49. The Balaban J connectivity index is 3.18. The van der Waals surface area contributed by atoms with Gasteiger partial charge in [0.25, 0.3) is 0 Å². The van der Waals surface area contributed by atoms with Crippen LogP contribution in [-0.2, 0) is 9.47 Å². The third-order valence-electron chi connectivity index (χ3n) is 2.44. The summed E-state index contributed by atoms with van der Waals surface area (Å²) in [5, 5.41) is 9.25. The van der Waals surface area contributed by atoms with E-state index in [9.17, 15) is 5.11 Å². The standard InChI is InChI=1S/C13H20O3/c1-6-10(7-14)11-8-15-13(4,5)16-12(11)9(2)3/h6,14H,1,7-8H2,2-5H3/b11-10+. The zero-order chi connectivity index (χ0) is 12.3. The molecule has 0 radical (unpaired) electrons. The topological polar surface area (TPSA) is 38.7 Å². The van der Waals surface area contributed by atoms with E-state index in [-0.39, 0.29) is 6.61 Å². The van der Waals surface area contributed by atoms with E-state index in [0.717, 1.165) is 22.5 Å². The Bertz CT molecular complexity index is 344. The van der Waals surface area contributed by atoms with Gasteiger partial charge >= 0.3 is 0 Å². The van der Waals surface area contributed by atoms with E-state index >= 15 is 0 Å². The lowest BCUT2D eigenvalue weighted by Crippen LogP contribution is -2.35. The minimum absolute atomic E-state index is 0.0528. The highest BCUT2D eigenvalue weighted by molar-refractivity contribution is 5.40. The summed E-state index contributed by atoms with van der Waals surface area (Å²) in [6.45, 7) is 11.8. The van der Waals surface area contributed by atoms with Crippen molar-refractivity contribution in [3.05, 3.63) is 35.1 Å². The van der Waals surface area contributed by atoms with E-state index < -0.39 is 5.79 Å². The molecule has 16 heavy (non-hydrogen) atoms. The van der Waals surface area contributed by atoms with Crippen molar-refractivity contribution in [2.45, 2.75) is 33.5 Å². The molecule has 3 nitrogen and oxygen atoms in total. The first-order valence-corrected chi connectivity index (χ1v) is 5.37. The predicted molar refractivity (Wildman–Crippen MR) is 63.8 cm³/mol. The van der Waals surface area contributed by atoms with Crippen molar-refractivity contribution in [2.75, 3.05) is 13.2 Å². The molecule has 0 bridgehead atoms. The van der Waals surface area contributed by atoms with Gasteiger partial charge < -0.3 is 14.6 Å². The van der Waals surface area contributed by atoms with Crippen LogP contribution < -0.4 is 0 Å². The molecule has 1 rings (SSSR count). The van der Waals surface area contributed by atoms with Gasteiger partial charge in [-0.15, -0.1) is 0 Å². The molecule has 0 amide bonds. The van der Waals surface area contributed by atoms with Crippen LogP contribution in [0.1, 0.15) is 27.7 Å². The summed E-state index contributed by atoms with van der Waals surface area (Å²) in [7, 11) is 0. The predicted octanol–water partition coefficient (Wildman–Crippen LogP) is 2.54. The van der Waals surface area contributed by atoms with Gasteiger partial charge in [0.15, 0.2) is 0 Å². The number of aliphatic hydroxyl groups excluding tert-OH is 1. The molecule has 0 unspecified atom stereocenters. The lowest BCUT2D eigenvalue weighted by molar-refractivity contribution is -0.202. The van der Waals surface area contributed by atoms with E-state index in [0.29, 0.717) is 6.61 Å². The molecule has 0 atom stereocenters. The summed E-state index contributed by atoms with van der Waals surface area (Å²) in [6, 6.07) is 0. The molecule has 0 saturated carbocycles. The maximum absolute atomic E-state index is 9.25. The average molecular weight is 224 g/mol. The Morgan fingerprint density at radius 3 is 2.56 bits per heavy atom. The van der Waals surface area contributed by atoms with Crippen molar-refractivity contribution in [1.82, 2.24) is 0 Å². The van der Waals surface area contributed by atoms with Crippen molar-refractivity contribution in [2.24, 2.45) is 0 Å². The lowest BCUT2D eigenvalue weighted by atomic mass is 10.0. The number of ether oxygens (including phenoxy) is 2. The van der Waals surface area contributed by atoms with Crippen LogP contribution in [0.15, 0.2) is 35.1 Å². The van der Waals surface area contributed by atoms with E-state index in [2.05, 4.69) is 6.58 Å². The molecule has 0 aliphatic carbocycles. The molecule has 1 aliphatic rings. The van der Waals surface area contributed by atoms with Crippen LogP contribution in [0.25, 0.3) is 0 Å². The summed E-state index contributed by atoms with van der Waals surface area (Å²) in [4.78, 5) is 0. The Labute approximate surface area is 97.1 Å². The minimum Gasteiger partial charge on any atom is -0.463 e. The van der Waals surface area contributed by atoms with Crippen LogP contribution in [0, 0.1) is 0 Å². The van der Waals surface area contributed by atoms with Crippen LogP contribution in [0.2, 0.25) is 0 Å². The van der Waals surface area contributed by atoms with Gasteiger partial charge in [0.05, 0.1) is 13.2 Å². The third kappa shape index (κ3) is 2.74. The van der Waals surface area contributed by atoms with Gasteiger partial charge in [-0.05, 0) is 25.0 Å². The fourth-order valence-corrected chi connectivity index (χ4v) is 1.57. The van der Waals surface area contributed by atoms with Crippen LogP contribution in [0.3, 0.4) is 0 Å². The zero-order valence-electron chi connectivity index (χ0n) is 10.5. The third-order valence-corrected chi connectivity index (χ3v) is 2.44. The van der Waals surface area contributed by atoms with Crippen LogP contribution >= 0.6 is 0 Å². The molecule has 0 aromatic carbocycles. The van der Waals surface area contributed by atoms with Gasteiger partial charge in [-0.2, -0.15) is 0 Å². The van der Waals surface area contributed by atoms with Gasteiger partial charge in [0.2, 0.25) is 5.79 Å². The van der Waals surface area contributed by atoms with Gasteiger partial charge in [-0.1, -0.05) is 12.7 Å². The monoisotopic (exact) mass is 224 g/mol. The van der Waals surface area contributed by atoms with Gasteiger partial charge in [-0.3, -0.25) is 0 Å². The SMILES string of the molecule is C=C/C(CO)=C1/COC(C)(C)OC1=C(C)C. The number of rotatable bonds is 2. The number of hydrogen-bond acceptors (Lipinski definition) is 3. The summed E-state index contributed by atoms with van der Waals surface area (Å²) in [5.74, 6) is 0.192. The fraction of sp³-hybridized carbons (Fsp3) is 0.538. The maximum atomic E-state index is 9.25. The second-order valence-electron chi connectivity index (χ2n) is 4.49. The molecule has 1 saturated heterocycles. The Morgan fingerprint density at radius 2 is 2.12 bits per heavy atom. The molecule has 1 N–H and O–H groups in total. The van der Waals surface area contributed by atoms with Crippen molar-refractivity contribution in [1.29, 1.82) is 0 Å². The second kappa shape index (κ2) is 4.85. The number of allylic oxidation sites excluding steroid dienone is 1. The molecular formula is C13H20O3. The van der Waals surface area contributed by atoms with Crippen molar-refractivity contribution in [3.8, 4) is 0 Å². The average Bonchev–Trinajstić information content (AvgIpc) is 2.21. The minimum atomic E-state index is -0.613. The Hall–Kier alpha value is -1.06. The Morgan fingerprint density at radius 1 is 1.50 bits per heavy atom. The highest BCUT2D eigenvalue weighted by Crippen LogP contribution is 2.32. The Kier molecular flexibility index (Phi) is 3.94. The first-order chi connectivity index (χ1) is 7.41. The number of aliphatic hydroxyl groups is 1. The quantitative estimate of drug-likeness (QED) is 0.783. The van der Waals surface area contributed by atoms with Crippen molar-refractivity contribution >= 4 is 0 Å². The molecule has 1 fully saturated rings. The van der Waals surface area contributed by atoms with Gasteiger partial charge in [-0.25, -0.2) is 0 Å². The van der Waals surface area contributed by atoms with Crippen molar-refractivity contribution in [3.63, 3.8) is 0 Å². The molecule has 1 heterocycles. The van der Waals surface area contributed by atoms with E-state index in [1.165, 1.54) is 0 Å². The van der Waals surface area contributed by atoms with Gasteiger partial charge in [0.1, 0.15) is 5.76 Å².